The molecule has 1 fully saturated rings. The van der Waals surface area contributed by atoms with Crippen molar-refractivity contribution in [2.24, 2.45) is 5.41 Å². The molecule has 29 heavy (non-hydrogen) atoms. The molecular weight excluding hydrogens is 382 g/mol. The summed E-state index contributed by atoms with van der Waals surface area (Å²) < 4.78 is 0. The second-order valence-corrected chi connectivity index (χ2v) is 8.41. The molecule has 1 aliphatic heterocycles. The summed E-state index contributed by atoms with van der Waals surface area (Å²) in [6.07, 6.45) is 8.01. The van der Waals surface area contributed by atoms with Crippen LogP contribution in [0.5, 0.6) is 0 Å². The number of amides is 1. The van der Waals surface area contributed by atoms with Crippen LogP contribution in [0.4, 0.5) is 0 Å². The van der Waals surface area contributed by atoms with Crippen LogP contribution >= 0.6 is 11.6 Å². The molecule has 3 heterocycles. The first-order chi connectivity index (χ1) is 14.1. The number of rotatable bonds is 4. The first kappa shape index (κ1) is 19.6. The van der Waals surface area contributed by atoms with Gasteiger partial charge in [0.05, 0.1) is 11.3 Å². The number of hydrogen-bond donors (Lipinski definition) is 0. The Morgan fingerprint density at radius 1 is 1.03 bits per heavy atom. The maximum atomic E-state index is 13.3. The van der Waals surface area contributed by atoms with E-state index in [0.717, 1.165) is 42.9 Å². The highest BCUT2D eigenvalue weighted by atomic mass is 35.5. The molecular formula is C24H24ClN3O. The van der Waals surface area contributed by atoms with Crippen LogP contribution < -0.4 is 0 Å². The second kappa shape index (κ2) is 8.34. The van der Waals surface area contributed by atoms with E-state index in [2.05, 4.69) is 23.0 Å². The molecule has 0 atom stereocenters. The summed E-state index contributed by atoms with van der Waals surface area (Å²) >= 11 is 6.36. The van der Waals surface area contributed by atoms with E-state index in [-0.39, 0.29) is 11.3 Å². The van der Waals surface area contributed by atoms with Crippen LogP contribution in [0.15, 0.2) is 67.1 Å². The maximum Gasteiger partial charge on any atom is 0.256 e. The van der Waals surface area contributed by atoms with Crippen molar-refractivity contribution in [1.82, 2.24) is 14.9 Å². The second-order valence-electron chi connectivity index (χ2n) is 8.01. The molecule has 3 aromatic rings. The van der Waals surface area contributed by atoms with Gasteiger partial charge in [-0.05, 0) is 60.6 Å². The minimum atomic E-state index is 0.0460. The summed E-state index contributed by atoms with van der Waals surface area (Å²) in [6.45, 7) is 3.78. The molecule has 0 bridgehead atoms. The van der Waals surface area contributed by atoms with Gasteiger partial charge in [-0.2, -0.15) is 0 Å². The van der Waals surface area contributed by atoms with Gasteiger partial charge in [0.25, 0.3) is 5.91 Å². The van der Waals surface area contributed by atoms with Crippen LogP contribution in [0.1, 0.15) is 35.7 Å². The Morgan fingerprint density at radius 2 is 1.76 bits per heavy atom. The minimum absolute atomic E-state index is 0.0460. The number of carbonyl (C=O) groups is 1. The summed E-state index contributed by atoms with van der Waals surface area (Å²) in [5.41, 5.74) is 3.59. The number of carbonyl (C=O) groups excluding carboxylic acids is 1. The lowest BCUT2D eigenvalue weighted by molar-refractivity contribution is 0.0607. The van der Waals surface area contributed by atoms with Crippen LogP contribution in [0.25, 0.3) is 11.3 Å². The molecule has 4 nitrogen and oxygen atoms in total. The zero-order valence-corrected chi connectivity index (χ0v) is 17.3. The van der Waals surface area contributed by atoms with Gasteiger partial charge in [-0.1, -0.05) is 36.7 Å². The third kappa shape index (κ3) is 4.33. The van der Waals surface area contributed by atoms with Crippen molar-refractivity contribution < 1.29 is 4.79 Å². The number of benzene rings is 1. The summed E-state index contributed by atoms with van der Waals surface area (Å²) in [7, 11) is 0. The minimum Gasteiger partial charge on any atom is -0.339 e. The van der Waals surface area contributed by atoms with E-state index in [1.165, 1.54) is 5.56 Å². The van der Waals surface area contributed by atoms with Crippen molar-refractivity contribution in [1.29, 1.82) is 0 Å². The van der Waals surface area contributed by atoms with Gasteiger partial charge in [-0.25, -0.2) is 0 Å². The number of hydrogen-bond acceptors (Lipinski definition) is 3. The Kier molecular flexibility index (Phi) is 5.63. The van der Waals surface area contributed by atoms with Crippen LogP contribution in [0, 0.1) is 5.41 Å². The number of nitrogens with zero attached hydrogens (tertiary/aromatic N) is 3. The van der Waals surface area contributed by atoms with Gasteiger partial charge in [-0.3, -0.25) is 14.8 Å². The topological polar surface area (TPSA) is 46.1 Å². The fourth-order valence-corrected chi connectivity index (χ4v) is 4.22. The lowest BCUT2D eigenvalue weighted by Crippen LogP contribution is -2.43. The van der Waals surface area contributed by atoms with Crippen LogP contribution in [0.2, 0.25) is 5.02 Å². The van der Waals surface area contributed by atoms with Crippen LogP contribution in [0.3, 0.4) is 0 Å². The zero-order valence-electron chi connectivity index (χ0n) is 16.5. The number of pyridine rings is 2. The highest BCUT2D eigenvalue weighted by molar-refractivity contribution is 6.31. The Balaban J connectivity index is 1.48. The van der Waals surface area contributed by atoms with E-state index in [0.29, 0.717) is 11.3 Å². The lowest BCUT2D eigenvalue weighted by Gasteiger charge is -2.40. The van der Waals surface area contributed by atoms with Crippen molar-refractivity contribution in [2.45, 2.75) is 26.2 Å². The highest BCUT2D eigenvalue weighted by Crippen LogP contribution is 2.37. The Bertz CT molecular complexity index is 998. The molecule has 1 aromatic carbocycles. The average molecular weight is 406 g/mol. The monoisotopic (exact) mass is 405 g/mol. The van der Waals surface area contributed by atoms with Gasteiger partial charge in [-0.15, -0.1) is 0 Å². The number of likely N-dealkylation sites (tertiary alicyclic amines) is 1. The maximum absolute atomic E-state index is 13.3. The van der Waals surface area contributed by atoms with Crippen LogP contribution in [-0.4, -0.2) is 33.9 Å². The standard InChI is InChI=1S/C24H24ClN3O/c1-24(17-19-5-2-3-7-21(19)25)10-15-28(16-11-24)23(29)20-6-4-12-27-22(20)18-8-13-26-14-9-18/h2-9,12-14H,10-11,15-17H2,1H3. The molecule has 0 unspecified atom stereocenters. The van der Waals surface area contributed by atoms with Crippen LogP contribution in [-0.2, 0) is 6.42 Å². The molecule has 1 saturated heterocycles. The molecule has 1 aliphatic rings. The van der Waals surface area contributed by atoms with Crippen molar-refractivity contribution in [2.75, 3.05) is 13.1 Å². The smallest absolute Gasteiger partial charge is 0.256 e. The molecule has 4 rings (SSSR count). The highest BCUT2D eigenvalue weighted by Gasteiger charge is 2.33. The van der Waals surface area contributed by atoms with Crippen molar-refractivity contribution in [3.8, 4) is 11.3 Å². The fourth-order valence-electron chi connectivity index (χ4n) is 4.02. The van der Waals surface area contributed by atoms with Gasteiger partial charge in [0.2, 0.25) is 0 Å². The van der Waals surface area contributed by atoms with Gasteiger partial charge in [0.1, 0.15) is 0 Å². The summed E-state index contributed by atoms with van der Waals surface area (Å²) in [4.78, 5) is 23.7. The number of halogens is 1. The van der Waals surface area contributed by atoms with Crippen molar-refractivity contribution in [3.05, 3.63) is 83.3 Å². The zero-order chi connectivity index (χ0) is 20.3. The molecule has 1 amide bonds. The largest absolute Gasteiger partial charge is 0.339 e. The van der Waals surface area contributed by atoms with Gasteiger partial charge in [0, 0.05) is 42.3 Å². The summed E-state index contributed by atoms with van der Waals surface area (Å²) in [5.74, 6) is 0.0460. The molecule has 0 radical (unpaired) electrons. The Labute approximate surface area is 176 Å². The molecule has 0 spiro atoms. The number of piperidine rings is 1. The van der Waals surface area contributed by atoms with E-state index in [1.54, 1.807) is 18.6 Å². The third-order valence-corrected chi connectivity index (χ3v) is 6.19. The third-order valence-electron chi connectivity index (χ3n) is 5.82. The van der Waals surface area contributed by atoms with E-state index in [9.17, 15) is 4.79 Å². The summed E-state index contributed by atoms with van der Waals surface area (Å²) in [5, 5.41) is 0.824. The van der Waals surface area contributed by atoms with E-state index in [1.807, 2.05) is 47.4 Å². The van der Waals surface area contributed by atoms with Crippen molar-refractivity contribution in [3.63, 3.8) is 0 Å². The summed E-state index contributed by atoms with van der Waals surface area (Å²) in [6, 6.07) is 15.5. The first-order valence-electron chi connectivity index (χ1n) is 9.94. The molecule has 0 N–H and O–H groups in total. The van der Waals surface area contributed by atoms with Gasteiger partial charge >= 0.3 is 0 Å². The molecule has 148 valence electrons. The first-order valence-corrected chi connectivity index (χ1v) is 10.3. The molecule has 5 heteroatoms. The fraction of sp³-hybridized carbons (Fsp3) is 0.292. The van der Waals surface area contributed by atoms with Gasteiger partial charge < -0.3 is 4.90 Å². The predicted molar refractivity (Wildman–Crippen MR) is 116 cm³/mol. The molecule has 2 aromatic heterocycles. The normalized spacial score (nSPS) is 15.9. The quantitative estimate of drug-likeness (QED) is 0.593. The van der Waals surface area contributed by atoms with E-state index >= 15 is 0 Å². The predicted octanol–water partition coefficient (Wildman–Crippen LogP) is 5.28. The van der Waals surface area contributed by atoms with Gasteiger partial charge in [0.15, 0.2) is 0 Å². The SMILES string of the molecule is CC1(Cc2ccccc2Cl)CCN(C(=O)c2cccnc2-c2ccncc2)CC1. The Morgan fingerprint density at radius 3 is 2.48 bits per heavy atom. The van der Waals surface area contributed by atoms with E-state index < -0.39 is 0 Å². The lowest BCUT2D eigenvalue weighted by atomic mass is 9.75. The van der Waals surface area contributed by atoms with E-state index in [4.69, 9.17) is 11.6 Å². The molecule has 0 saturated carbocycles. The number of aromatic nitrogens is 2. The Hall–Kier alpha value is -2.72. The van der Waals surface area contributed by atoms with Crippen molar-refractivity contribution >= 4 is 17.5 Å². The molecule has 0 aliphatic carbocycles. The average Bonchev–Trinajstić information content (AvgIpc) is 2.76.